The van der Waals surface area contributed by atoms with E-state index in [1.807, 2.05) is 13.0 Å². The van der Waals surface area contributed by atoms with E-state index >= 15 is 0 Å². The Bertz CT molecular complexity index is 724. The first-order valence-electron chi connectivity index (χ1n) is 9.15. The number of aromatic hydroxyl groups is 1. The molecule has 1 aromatic carbocycles. The summed E-state index contributed by atoms with van der Waals surface area (Å²) in [5.41, 5.74) is 3.24. The molecule has 2 heterocycles. The van der Waals surface area contributed by atoms with Gasteiger partial charge < -0.3 is 10.0 Å². The average Bonchev–Trinajstić information content (AvgIpc) is 2.59. The summed E-state index contributed by atoms with van der Waals surface area (Å²) in [6.45, 7) is 10.9. The van der Waals surface area contributed by atoms with Crippen LogP contribution in [0, 0.1) is 13.8 Å². The standard InChI is InChI=1S/C20H28N4O/c1-4-5-19-21-16(3)13-20(22-19)24-10-8-23(9-11-24)14-17-12-15(2)6-7-18(17)25/h6-7,12-13,25H,4-5,8-11,14H2,1-3H3. The number of phenols is 1. The van der Waals surface area contributed by atoms with E-state index in [1.54, 1.807) is 6.07 Å². The van der Waals surface area contributed by atoms with Gasteiger partial charge in [-0.05, 0) is 26.3 Å². The van der Waals surface area contributed by atoms with Gasteiger partial charge in [-0.3, -0.25) is 4.90 Å². The van der Waals surface area contributed by atoms with E-state index in [4.69, 9.17) is 4.98 Å². The second kappa shape index (κ2) is 7.83. The van der Waals surface area contributed by atoms with Gasteiger partial charge in [-0.1, -0.05) is 24.6 Å². The van der Waals surface area contributed by atoms with Crippen LogP contribution in [0.15, 0.2) is 24.3 Å². The maximum absolute atomic E-state index is 10.1. The third-order valence-corrected chi connectivity index (χ3v) is 4.69. The van der Waals surface area contributed by atoms with E-state index < -0.39 is 0 Å². The van der Waals surface area contributed by atoms with Gasteiger partial charge in [-0.25, -0.2) is 9.97 Å². The summed E-state index contributed by atoms with van der Waals surface area (Å²) in [6, 6.07) is 7.90. The first kappa shape index (κ1) is 17.7. The molecule has 3 rings (SSSR count). The fraction of sp³-hybridized carbons (Fsp3) is 0.500. The maximum Gasteiger partial charge on any atom is 0.132 e. The smallest absolute Gasteiger partial charge is 0.132 e. The van der Waals surface area contributed by atoms with Crippen molar-refractivity contribution in [2.24, 2.45) is 0 Å². The molecule has 25 heavy (non-hydrogen) atoms. The molecule has 1 saturated heterocycles. The topological polar surface area (TPSA) is 52.5 Å². The lowest BCUT2D eigenvalue weighted by Gasteiger charge is -2.35. The number of phenolic OH excluding ortho intramolecular Hbond substituents is 1. The minimum atomic E-state index is 0.392. The molecule has 0 unspecified atom stereocenters. The fourth-order valence-electron chi connectivity index (χ4n) is 3.33. The zero-order valence-electron chi connectivity index (χ0n) is 15.5. The number of nitrogens with zero attached hydrogens (tertiary/aromatic N) is 4. The Morgan fingerprint density at radius 3 is 2.52 bits per heavy atom. The lowest BCUT2D eigenvalue weighted by Crippen LogP contribution is -2.46. The summed E-state index contributed by atoms with van der Waals surface area (Å²) in [5.74, 6) is 2.39. The van der Waals surface area contributed by atoms with Gasteiger partial charge in [0.2, 0.25) is 0 Å². The molecule has 0 aliphatic carbocycles. The molecule has 0 spiro atoms. The fourth-order valence-corrected chi connectivity index (χ4v) is 3.33. The highest BCUT2D eigenvalue weighted by Gasteiger charge is 2.20. The first-order chi connectivity index (χ1) is 12.0. The van der Waals surface area contributed by atoms with Crippen molar-refractivity contribution in [2.45, 2.75) is 40.2 Å². The molecule has 0 radical (unpaired) electrons. The molecule has 1 aliphatic heterocycles. The molecule has 134 valence electrons. The largest absolute Gasteiger partial charge is 0.508 e. The Hall–Kier alpha value is -2.14. The lowest BCUT2D eigenvalue weighted by atomic mass is 10.1. The summed E-state index contributed by atoms with van der Waals surface area (Å²) in [4.78, 5) is 14.0. The van der Waals surface area contributed by atoms with Gasteiger partial charge in [0.05, 0.1) is 0 Å². The molecule has 0 atom stereocenters. The quantitative estimate of drug-likeness (QED) is 0.906. The van der Waals surface area contributed by atoms with Crippen molar-refractivity contribution in [3.63, 3.8) is 0 Å². The van der Waals surface area contributed by atoms with Gasteiger partial charge in [0, 0.05) is 56.5 Å². The zero-order chi connectivity index (χ0) is 17.8. The molecule has 0 saturated carbocycles. The van der Waals surface area contributed by atoms with E-state index in [0.717, 1.165) is 68.5 Å². The zero-order valence-corrected chi connectivity index (χ0v) is 15.5. The number of anilines is 1. The molecule has 1 fully saturated rings. The van der Waals surface area contributed by atoms with Crippen molar-refractivity contribution >= 4 is 5.82 Å². The Labute approximate surface area is 150 Å². The van der Waals surface area contributed by atoms with Crippen LogP contribution in [0.1, 0.15) is 36.0 Å². The summed E-state index contributed by atoms with van der Waals surface area (Å²) in [7, 11) is 0. The van der Waals surface area contributed by atoms with Gasteiger partial charge in [0.15, 0.2) is 0 Å². The minimum Gasteiger partial charge on any atom is -0.508 e. The number of hydrogen-bond donors (Lipinski definition) is 1. The average molecular weight is 340 g/mol. The molecule has 1 aromatic heterocycles. The monoisotopic (exact) mass is 340 g/mol. The maximum atomic E-state index is 10.1. The Kier molecular flexibility index (Phi) is 5.53. The molecule has 5 heteroatoms. The predicted octanol–water partition coefficient (Wildman–Crippen LogP) is 3.07. The molecule has 5 nitrogen and oxygen atoms in total. The predicted molar refractivity (Wildman–Crippen MR) is 101 cm³/mol. The number of piperazine rings is 1. The Balaban J connectivity index is 1.63. The van der Waals surface area contributed by atoms with E-state index in [0.29, 0.717) is 5.75 Å². The van der Waals surface area contributed by atoms with E-state index in [-0.39, 0.29) is 0 Å². The van der Waals surface area contributed by atoms with Crippen LogP contribution in [0.3, 0.4) is 0 Å². The summed E-state index contributed by atoms with van der Waals surface area (Å²) in [5, 5.41) is 10.1. The van der Waals surface area contributed by atoms with Gasteiger partial charge in [0.1, 0.15) is 17.4 Å². The molecular weight excluding hydrogens is 312 g/mol. The molecule has 1 aliphatic rings. The third-order valence-electron chi connectivity index (χ3n) is 4.69. The van der Waals surface area contributed by atoms with Crippen LogP contribution in [0.25, 0.3) is 0 Å². The Morgan fingerprint density at radius 2 is 1.80 bits per heavy atom. The van der Waals surface area contributed by atoms with Crippen molar-refractivity contribution < 1.29 is 5.11 Å². The van der Waals surface area contributed by atoms with Gasteiger partial charge >= 0.3 is 0 Å². The SMILES string of the molecule is CCCc1nc(C)cc(N2CCN(Cc3cc(C)ccc3O)CC2)n1. The first-order valence-corrected chi connectivity index (χ1v) is 9.15. The van der Waals surface area contributed by atoms with Crippen molar-refractivity contribution in [3.05, 3.63) is 46.9 Å². The summed E-state index contributed by atoms with van der Waals surface area (Å²) >= 11 is 0. The number of benzene rings is 1. The van der Waals surface area contributed by atoms with Crippen LogP contribution in [-0.2, 0) is 13.0 Å². The second-order valence-corrected chi connectivity index (χ2v) is 6.93. The van der Waals surface area contributed by atoms with Crippen molar-refractivity contribution in [1.82, 2.24) is 14.9 Å². The van der Waals surface area contributed by atoms with Crippen molar-refractivity contribution in [2.75, 3.05) is 31.1 Å². The number of aromatic nitrogens is 2. The van der Waals surface area contributed by atoms with Crippen molar-refractivity contribution in [3.8, 4) is 5.75 Å². The van der Waals surface area contributed by atoms with E-state index in [1.165, 1.54) is 5.56 Å². The number of rotatable bonds is 5. The van der Waals surface area contributed by atoms with E-state index in [9.17, 15) is 5.11 Å². The highest BCUT2D eigenvalue weighted by Crippen LogP contribution is 2.22. The highest BCUT2D eigenvalue weighted by molar-refractivity contribution is 5.40. The lowest BCUT2D eigenvalue weighted by molar-refractivity contribution is 0.246. The van der Waals surface area contributed by atoms with Crippen molar-refractivity contribution in [1.29, 1.82) is 0 Å². The van der Waals surface area contributed by atoms with Crippen LogP contribution >= 0.6 is 0 Å². The Morgan fingerprint density at radius 1 is 1.04 bits per heavy atom. The van der Waals surface area contributed by atoms with Crippen LogP contribution in [0.2, 0.25) is 0 Å². The van der Waals surface area contributed by atoms with Crippen LogP contribution in [0.5, 0.6) is 5.75 Å². The second-order valence-electron chi connectivity index (χ2n) is 6.93. The molecule has 0 amide bonds. The van der Waals surface area contributed by atoms with Crippen LogP contribution < -0.4 is 4.90 Å². The van der Waals surface area contributed by atoms with Gasteiger partial charge in [-0.2, -0.15) is 0 Å². The number of aryl methyl sites for hydroxylation is 3. The highest BCUT2D eigenvalue weighted by atomic mass is 16.3. The molecule has 1 N–H and O–H groups in total. The summed E-state index contributed by atoms with van der Waals surface area (Å²) < 4.78 is 0. The molecule has 2 aromatic rings. The number of hydrogen-bond acceptors (Lipinski definition) is 5. The van der Waals surface area contributed by atoms with Gasteiger partial charge in [-0.15, -0.1) is 0 Å². The van der Waals surface area contributed by atoms with Crippen LogP contribution in [-0.4, -0.2) is 46.2 Å². The van der Waals surface area contributed by atoms with E-state index in [2.05, 4.69) is 40.8 Å². The summed E-state index contributed by atoms with van der Waals surface area (Å²) in [6.07, 6.45) is 2.00. The minimum absolute atomic E-state index is 0.392. The molecular formula is C20H28N4O. The van der Waals surface area contributed by atoms with Gasteiger partial charge in [0.25, 0.3) is 0 Å². The normalized spacial score (nSPS) is 15.6. The molecule has 0 bridgehead atoms. The third kappa shape index (κ3) is 4.48. The van der Waals surface area contributed by atoms with Crippen LogP contribution in [0.4, 0.5) is 5.82 Å².